The summed E-state index contributed by atoms with van der Waals surface area (Å²) >= 11 is 0. The lowest BCUT2D eigenvalue weighted by atomic mass is 9.84. The number of aromatic nitrogens is 1. The molecular formula is C104H154N6O11S. The molecule has 8 aromatic carbocycles. The lowest BCUT2D eigenvalue weighted by Gasteiger charge is -2.24. The number of primary sulfonamides is 1. The van der Waals surface area contributed by atoms with Gasteiger partial charge in [0, 0.05) is 22.7 Å². The van der Waals surface area contributed by atoms with Crippen LogP contribution in [0.1, 0.15) is 311 Å². The maximum atomic E-state index is 11.4. The standard InChI is InChI=1S/C15H23NO2.C14H22.C12H18.C11H14N2O2.3C11H16.C10H15NO3S.C9H14N2O4/c1-10(2)11-6-7-12(15(3,4)5)13(8-11)16-14(18)9-17;1-11(2)10-12-6-8-13(9-7-12)14(3,4)5;1-4-11-5-7-12(8-6-11)9-10(2)3;1-6(2)7-3-8(10(12)14)5-9(4-7)11(13)15;1-9(2)8-11-6-4-10(3)5-7-11;1-9(2)7-11-6-4-5-10(3)8-11;1-9(2)8-11-7-5-4-6-10(11)3;1-7(2)9-6-8(15(11,12)13)4-5-10(9)14-3;1-5(2)7-6(8(10)13)9(11-15-7)14-4-3-12/h6-8,10,17H,9H2,1-5H3,(H,16,18);6-9,11H,10H2,1-5H3;5-8,10H,4,9H2,1-3H3;3-6H,1-2H3,(H2,12,14)(H2,13,15);4-7,9H,8H2,1-3H3;4-6,8-9H,7H2,1-3H3;4-7,9H,8H2,1-3H3;4-7H,1-3H3,(H2,11,12,13);5,12H,3-4H2,1-2H3,(H2,10,13). The molecule has 1 heterocycles. The minimum atomic E-state index is -3.64. The fraction of sp³-hybridized carbons (Fsp3) is 0.471. The van der Waals surface area contributed by atoms with Crippen molar-refractivity contribution in [3.8, 4) is 11.6 Å². The number of methoxy groups -OCH3 is 1. The predicted octanol–water partition coefficient (Wildman–Crippen LogP) is 23.0. The number of rotatable bonds is 25. The van der Waals surface area contributed by atoms with E-state index in [9.17, 15) is 27.6 Å². The molecule has 0 radical (unpaired) electrons. The molecule has 0 aliphatic heterocycles. The second kappa shape index (κ2) is 55.4. The van der Waals surface area contributed by atoms with Crippen molar-refractivity contribution < 1.29 is 51.8 Å². The van der Waals surface area contributed by atoms with Crippen LogP contribution in [0.2, 0.25) is 0 Å². The van der Waals surface area contributed by atoms with Gasteiger partial charge in [0.25, 0.3) is 11.8 Å². The second-order valence-corrected chi connectivity index (χ2v) is 38.1. The minimum Gasteiger partial charge on any atom is -0.496 e. The third-order valence-electron chi connectivity index (χ3n) is 19.0. The molecule has 0 aliphatic rings. The van der Waals surface area contributed by atoms with Crippen molar-refractivity contribution in [1.82, 2.24) is 5.16 Å². The van der Waals surface area contributed by atoms with E-state index >= 15 is 0 Å². The molecule has 0 unspecified atom stereocenters. The van der Waals surface area contributed by atoms with Gasteiger partial charge in [0.15, 0.2) is 5.76 Å². The fourth-order valence-electron chi connectivity index (χ4n) is 12.4. The molecule has 4 amide bonds. The number of amides is 4. The Balaban J connectivity index is 0.000000689. The van der Waals surface area contributed by atoms with Gasteiger partial charge in [-0.15, -0.1) is 0 Å². The van der Waals surface area contributed by atoms with E-state index in [1.165, 1.54) is 105 Å². The van der Waals surface area contributed by atoms with Crippen LogP contribution in [-0.2, 0) is 64.2 Å². The summed E-state index contributed by atoms with van der Waals surface area (Å²) in [4.78, 5) is 44.7. The molecule has 0 spiro atoms. The number of ether oxygens (including phenoxy) is 2. The predicted molar refractivity (Wildman–Crippen MR) is 510 cm³/mol. The zero-order chi connectivity index (χ0) is 93.1. The Morgan fingerprint density at radius 2 is 0.959 bits per heavy atom. The first-order valence-corrected chi connectivity index (χ1v) is 44.7. The number of nitrogens with zero attached hydrogens (tertiary/aromatic N) is 1. The average molecular weight is 1700 g/mol. The summed E-state index contributed by atoms with van der Waals surface area (Å²) in [5.74, 6) is 3.57. The van der Waals surface area contributed by atoms with Gasteiger partial charge >= 0.3 is 0 Å². The van der Waals surface area contributed by atoms with E-state index in [1.54, 1.807) is 31.4 Å². The summed E-state index contributed by atoms with van der Waals surface area (Å²) in [6.07, 6.45) is 7.12. The number of carbonyl (C=O) groups excluding carboxylic acids is 4. The Bertz CT molecular complexity index is 4630. The molecule has 0 saturated heterocycles. The van der Waals surface area contributed by atoms with Crippen LogP contribution in [-0.4, -0.2) is 74.3 Å². The fourth-order valence-corrected chi connectivity index (χ4v) is 13.0. The maximum absolute atomic E-state index is 11.4. The lowest BCUT2D eigenvalue weighted by molar-refractivity contribution is -0.118. The van der Waals surface area contributed by atoms with Crippen LogP contribution in [0.25, 0.3) is 0 Å². The van der Waals surface area contributed by atoms with Crippen molar-refractivity contribution in [1.29, 1.82) is 0 Å². The highest BCUT2D eigenvalue weighted by atomic mass is 32.2. The highest BCUT2D eigenvalue weighted by Crippen LogP contribution is 2.34. The van der Waals surface area contributed by atoms with Gasteiger partial charge in [-0.1, -0.05) is 318 Å². The molecule has 0 atom stereocenters. The topological polar surface area (TPSA) is 303 Å². The molecule has 17 nitrogen and oxygen atoms in total. The summed E-state index contributed by atoms with van der Waals surface area (Å²) in [7, 11) is -2.09. The van der Waals surface area contributed by atoms with Gasteiger partial charge in [-0.2, -0.15) is 0 Å². The molecule has 672 valence electrons. The van der Waals surface area contributed by atoms with E-state index < -0.39 is 34.4 Å². The van der Waals surface area contributed by atoms with Gasteiger partial charge in [0.1, 0.15) is 24.5 Å². The number of nitrogens with two attached hydrogens (primary N) is 4. The number of primary amides is 3. The Labute approximate surface area is 735 Å². The number of hydrogen-bond donors (Lipinski definition) is 7. The minimum absolute atomic E-state index is 0.00789. The number of hydrogen-bond acceptors (Lipinski definition) is 12. The summed E-state index contributed by atoms with van der Waals surface area (Å²) < 4.78 is 37.4. The van der Waals surface area contributed by atoms with E-state index in [2.05, 4.69) is 296 Å². The molecule has 18 heteroatoms. The summed E-state index contributed by atoms with van der Waals surface area (Å²) in [6.45, 7) is 59.4. The number of aryl methyl sites for hydroxylation is 4. The van der Waals surface area contributed by atoms with Crippen molar-refractivity contribution in [2.45, 2.75) is 272 Å². The van der Waals surface area contributed by atoms with Crippen molar-refractivity contribution in [3.63, 3.8) is 0 Å². The van der Waals surface area contributed by atoms with Crippen LogP contribution < -0.4 is 37.1 Å². The van der Waals surface area contributed by atoms with Gasteiger partial charge in [-0.25, -0.2) is 13.6 Å². The molecular weight excluding hydrogens is 1540 g/mol. The van der Waals surface area contributed by atoms with Crippen LogP contribution in [0.15, 0.2) is 185 Å². The zero-order valence-corrected chi connectivity index (χ0v) is 80.4. The Morgan fingerprint density at radius 1 is 0.484 bits per heavy atom. The van der Waals surface area contributed by atoms with Crippen molar-refractivity contribution >= 4 is 39.3 Å². The van der Waals surface area contributed by atoms with E-state index in [-0.39, 0.29) is 64.0 Å². The Hall–Kier alpha value is -9.72. The first kappa shape index (κ1) is 110. The van der Waals surface area contributed by atoms with Crippen molar-refractivity contribution in [3.05, 3.63) is 276 Å². The summed E-state index contributed by atoms with van der Waals surface area (Å²) in [5.41, 5.74) is 35.6. The average Bonchev–Trinajstić information content (AvgIpc) is 1.68. The first-order valence-electron chi connectivity index (χ1n) is 43.1. The van der Waals surface area contributed by atoms with Gasteiger partial charge in [0.05, 0.1) is 18.6 Å². The van der Waals surface area contributed by atoms with Crippen LogP contribution in [0.4, 0.5) is 5.69 Å². The number of carbonyl (C=O) groups is 4. The number of nitrogens with one attached hydrogen (secondary N) is 1. The second-order valence-electron chi connectivity index (χ2n) is 36.6. The van der Waals surface area contributed by atoms with E-state index in [0.29, 0.717) is 28.6 Å². The summed E-state index contributed by atoms with van der Waals surface area (Å²) in [6, 6.07) is 59.7. The number of benzene rings is 8. The normalized spacial score (nSPS) is 11.1. The molecule has 0 saturated carbocycles. The summed E-state index contributed by atoms with van der Waals surface area (Å²) in [5, 5.41) is 28.8. The molecule has 122 heavy (non-hydrogen) atoms. The SMILES string of the molecule is CC(C)Cc1ccc(C(C)(C)C)cc1.CC(C)c1cc(C(N)=O)cc(C(N)=O)c1.CC(C)c1ccc(C(C)(C)C)c(NC(=O)CO)c1.CC(C)c1onc(OCCO)c1C(N)=O.CCc1ccc(CC(C)C)cc1.COc1ccc(S(N)(=O)=O)cc1C(C)C.Cc1ccc(CC(C)C)cc1.Cc1cccc(CC(C)C)c1.Cc1ccccc1CC(C)C. The van der Waals surface area contributed by atoms with Gasteiger partial charge in [-0.3, -0.25) is 19.2 Å². The third-order valence-corrected chi connectivity index (χ3v) is 19.9. The zero-order valence-electron chi connectivity index (χ0n) is 79.5. The van der Waals surface area contributed by atoms with E-state index in [4.69, 9.17) is 46.5 Å². The lowest BCUT2D eigenvalue weighted by Crippen LogP contribution is -2.21. The van der Waals surface area contributed by atoms with Gasteiger partial charge < -0.3 is 46.7 Å². The largest absolute Gasteiger partial charge is 0.496 e. The van der Waals surface area contributed by atoms with Crippen LogP contribution in [0, 0.1) is 50.4 Å². The van der Waals surface area contributed by atoms with Crippen LogP contribution in [0.5, 0.6) is 11.6 Å². The Morgan fingerprint density at radius 3 is 1.35 bits per heavy atom. The van der Waals surface area contributed by atoms with Gasteiger partial charge in [-0.05, 0) is 232 Å². The monoisotopic (exact) mass is 1700 g/mol. The number of sulfonamides is 1. The highest BCUT2D eigenvalue weighted by Gasteiger charge is 2.25. The molecule has 11 N–H and O–H groups in total. The smallest absolute Gasteiger partial charge is 0.267 e. The Kier molecular flexibility index (Phi) is 50.1. The maximum Gasteiger partial charge on any atom is 0.267 e. The van der Waals surface area contributed by atoms with Crippen LogP contribution >= 0.6 is 0 Å². The van der Waals surface area contributed by atoms with Gasteiger partial charge in [0.2, 0.25) is 27.7 Å². The molecule has 9 rings (SSSR count). The molecule has 0 aliphatic carbocycles. The molecule has 1 aromatic heterocycles. The third kappa shape index (κ3) is 44.4. The first-order chi connectivity index (χ1) is 56.8. The van der Waals surface area contributed by atoms with E-state index in [0.717, 1.165) is 58.4 Å². The molecule has 0 fully saturated rings. The number of aliphatic hydroxyl groups excluding tert-OH is 2. The van der Waals surface area contributed by atoms with Crippen molar-refractivity contribution in [2.75, 3.05) is 32.2 Å². The quantitative estimate of drug-likeness (QED) is 0.0281. The number of anilines is 1. The van der Waals surface area contributed by atoms with Crippen LogP contribution in [0.3, 0.4) is 0 Å². The van der Waals surface area contributed by atoms with Crippen molar-refractivity contribution in [2.24, 2.45) is 51.9 Å². The van der Waals surface area contributed by atoms with E-state index in [1.807, 2.05) is 47.6 Å². The highest BCUT2D eigenvalue weighted by molar-refractivity contribution is 7.89. The number of aliphatic hydroxyl groups is 2. The molecule has 9 aromatic rings. The molecule has 0 bridgehead atoms.